The van der Waals surface area contributed by atoms with E-state index in [1.165, 1.54) is 0 Å². The minimum absolute atomic E-state index is 0.228. The monoisotopic (exact) mass is 444 g/mol. The van der Waals surface area contributed by atoms with Gasteiger partial charge >= 0.3 is 0 Å². The van der Waals surface area contributed by atoms with Crippen molar-refractivity contribution in [1.82, 2.24) is 19.8 Å². The predicted molar refractivity (Wildman–Crippen MR) is 121 cm³/mol. The van der Waals surface area contributed by atoms with E-state index in [9.17, 15) is 4.79 Å². The van der Waals surface area contributed by atoms with Crippen LogP contribution in [0.1, 0.15) is 12.8 Å². The second-order valence-electron chi connectivity index (χ2n) is 7.94. The van der Waals surface area contributed by atoms with Crippen molar-refractivity contribution >= 4 is 28.7 Å². The lowest BCUT2D eigenvalue weighted by atomic mass is 10.0. The van der Waals surface area contributed by atoms with Crippen LogP contribution in [0.5, 0.6) is 5.75 Å². The molecule has 4 rings (SSSR count). The molecule has 0 spiro atoms. The molecule has 2 N–H and O–H groups in total. The van der Waals surface area contributed by atoms with E-state index >= 15 is 0 Å². The number of carbonyl (C=O) groups excluding carboxylic acids is 1. The maximum atomic E-state index is 12.0. The molecule has 0 saturated carbocycles. The standard InChI is InChI=1S/C22H30N5O3S/c1-29-16-5-6-18-19(12-16)25-21(13-24-18)31-17(14-26-8-10-30-11-9-26)15-27-7-3-2-4-20(27)22(23)28/h2,5-6,12-13,17,20H,3-4,7-11,14-15H2,1H3,(H2,23,28). The number of hydrogen-bond acceptors (Lipinski definition) is 8. The number of ether oxygens (including phenoxy) is 2. The summed E-state index contributed by atoms with van der Waals surface area (Å²) in [6.07, 6.45) is 5.70. The molecule has 8 nitrogen and oxygen atoms in total. The Morgan fingerprint density at radius 1 is 1.29 bits per heavy atom. The van der Waals surface area contributed by atoms with Crippen LogP contribution < -0.4 is 10.5 Å². The van der Waals surface area contributed by atoms with Crippen molar-refractivity contribution in [3.63, 3.8) is 0 Å². The lowest BCUT2D eigenvalue weighted by Crippen LogP contribution is -2.51. The topological polar surface area (TPSA) is 93.8 Å². The number of benzene rings is 1. The molecular weight excluding hydrogens is 414 g/mol. The Morgan fingerprint density at radius 2 is 2.13 bits per heavy atom. The van der Waals surface area contributed by atoms with Gasteiger partial charge in [0, 0.05) is 37.5 Å². The van der Waals surface area contributed by atoms with Crippen LogP contribution in [-0.4, -0.2) is 90.0 Å². The largest absolute Gasteiger partial charge is 0.497 e. The third kappa shape index (κ3) is 5.85. The fourth-order valence-corrected chi connectivity index (χ4v) is 5.30. The van der Waals surface area contributed by atoms with Crippen LogP contribution in [0.3, 0.4) is 0 Å². The fraction of sp³-hybridized carbons (Fsp3) is 0.545. The minimum atomic E-state index is -0.247. The lowest BCUT2D eigenvalue weighted by Gasteiger charge is -2.37. The van der Waals surface area contributed by atoms with Gasteiger partial charge in [0.25, 0.3) is 0 Å². The summed E-state index contributed by atoms with van der Waals surface area (Å²) in [5, 5.41) is 1.11. The van der Waals surface area contributed by atoms with Gasteiger partial charge in [-0.1, -0.05) is 11.8 Å². The summed E-state index contributed by atoms with van der Waals surface area (Å²) in [6.45, 7) is 5.90. The highest BCUT2D eigenvalue weighted by Gasteiger charge is 2.30. The SMILES string of the molecule is COc1ccc2ncc(SC(CN3CCOCC3)CN3CC[CH]CC3C(N)=O)nc2c1. The van der Waals surface area contributed by atoms with Crippen molar-refractivity contribution in [2.24, 2.45) is 5.73 Å². The van der Waals surface area contributed by atoms with E-state index in [4.69, 9.17) is 20.2 Å². The molecular formula is C22H30N5O3S. The Labute approximate surface area is 187 Å². The van der Waals surface area contributed by atoms with Crippen LogP contribution in [0.25, 0.3) is 11.0 Å². The molecule has 1 radical (unpaired) electrons. The van der Waals surface area contributed by atoms with Crippen LogP contribution in [0.2, 0.25) is 0 Å². The van der Waals surface area contributed by atoms with E-state index in [1.807, 2.05) is 24.4 Å². The van der Waals surface area contributed by atoms with Gasteiger partial charge in [0.1, 0.15) is 10.8 Å². The third-order valence-electron chi connectivity index (χ3n) is 5.80. The number of thioether (sulfide) groups is 1. The van der Waals surface area contributed by atoms with E-state index < -0.39 is 0 Å². The highest BCUT2D eigenvalue weighted by Crippen LogP contribution is 2.28. The van der Waals surface area contributed by atoms with E-state index in [1.54, 1.807) is 18.9 Å². The molecule has 1 aromatic carbocycles. The summed E-state index contributed by atoms with van der Waals surface area (Å²) in [4.78, 5) is 26.1. The van der Waals surface area contributed by atoms with Crippen molar-refractivity contribution in [3.8, 4) is 5.75 Å². The number of piperidine rings is 1. The zero-order valence-corrected chi connectivity index (χ0v) is 18.7. The average molecular weight is 445 g/mol. The predicted octanol–water partition coefficient (Wildman–Crippen LogP) is 1.59. The highest BCUT2D eigenvalue weighted by molar-refractivity contribution is 7.99. The van der Waals surface area contributed by atoms with Gasteiger partial charge in [0.2, 0.25) is 5.91 Å². The molecule has 2 aliphatic heterocycles. The second-order valence-corrected chi connectivity index (χ2v) is 9.26. The van der Waals surface area contributed by atoms with Gasteiger partial charge in [-0.2, -0.15) is 0 Å². The van der Waals surface area contributed by atoms with Crippen LogP contribution >= 0.6 is 11.8 Å². The van der Waals surface area contributed by atoms with E-state index in [2.05, 4.69) is 21.2 Å². The second kappa shape index (κ2) is 10.6. The van der Waals surface area contributed by atoms with E-state index in [-0.39, 0.29) is 17.2 Å². The number of carbonyl (C=O) groups is 1. The first-order valence-corrected chi connectivity index (χ1v) is 11.6. The van der Waals surface area contributed by atoms with Crippen molar-refractivity contribution in [1.29, 1.82) is 0 Å². The van der Waals surface area contributed by atoms with Gasteiger partial charge in [0.15, 0.2) is 0 Å². The minimum Gasteiger partial charge on any atom is -0.497 e. The molecule has 167 valence electrons. The molecule has 9 heteroatoms. The number of nitrogens with two attached hydrogens (primary N) is 1. The average Bonchev–Trinajstić information content (AvgIpc) is 2.79. The number of aromatic nitrogens is 2. The quantitative estimate of drug-likeness (QED) is 0.614. The third-order valence-corrected chi connectivity index (χ3v) is 6.87. The molecule has 0 bridgehead atoms. The molecule has 2 fully saturated rings. The molecule has 31 heavy (non-hydrogen) atoms. The summed E-state index contributed by atoms with van der Waals surface area (Å²) in [6, 6.07) is 5.49. The van der Waals surface area contributed by atoms with Crippen molar-refractivity contribution in [3.05, 3.63) is 30.8 Å². The fourth-order valence-electron chi connectivity index (χ4n) is 4.15. The zero-order chi connectivity index (χ0) is 21.6. The van der Waals surface area contributed by atoms with Crippen LogP contribution in [0.15, 0.2) is 29.4 Å². The smallest absolute Gasteiger partial charge is 0.234 e. The number of hydrogen-bond donors (Lipinski definition) is 1. The molecule has 0 aliphatic carbocycles. The Kier molecular flexibility index (Phi) is 7.60. The number of morpholine rings is 1. The lowest BCUT2D eigenvalue weighted by molar-refractivity contribution is -0.123. The van der Waals surface area contributed by atoms with Crippen molar-refractivity contribution < 1.29 is 14.3 Å². The van der Waals surface area contributed by atoms with Crippen molar-refractivity contribution in [2.45, 2.75) is 29.2 Å². The van der Waals surface area contributed by atoms with Crippen LogP contribution in [0, 0.1) is 6.42 Å². The van der Waals surface area contributed by atoms with Gasteiger partial charge in [-0.05, 0) is 37.9 Å². The Bertz CT molecular complexity index is 893. The number of fused-ring (bicyclic) bond motifs is 1. The molecule has 1 aromatic heterocycles. The van der Waals surface area contributed by atoms with Gasteiger partial charge in [-0.3, -0.25) is 19.6 Å². The normalized spacial score (nSPS) is 21.8. The number of nitrogens with zero attached hydrogens (tertiary/aromatic N) is 4. The van der Waals surface area contributed by atoms with Crippen LogP contribution in [0.4, 0.5) is 0 Å². The first-order valence-electron chi connectivity index (χ1n) is 10.7. The summed E-state index contributed by atoms with van der Waals surface area (Å²) in [5.41, 5.74) is 7.35. The summed E-state index contributed by atoms with van der Waals surface area (Å²) in [5.74, 6) is 0.520. The zero-order valence-electron chi connectivity index (χ0n) is 17.9. The Hall–Kier alpha value is -1.94. The molecule has 1 amide bonds. The molecule has 2 saturated heterocycles. The van der Waals surface area contributed by atoms with Gasteiger partial charge in [-0.15, -0.1) is 0 Å². The molecule has 2 unspecified atom stereocenters. The number of primary amides is 1. The van der Waals surface area contributed by atoms with Crippen molar-refractivity contribution in [2.75, 3.05) is 53.0 Å². The highest BCUT2D eigenvalue weighted by atomic mass is 32.2. The maximum absolute atomic E-state index is 12.0. The molecule has 2 aromatic rings. The number of amides is 1. The summed E-state index contributed by atoms with van der Waals surface area (Å²) >= 11 is 1.72. The Morgan fingerprint density at radius 3 is 2.90 bits per heavy atom. The van der Waals surface area contributed by atoms with E-state index in [0.717, 1.165) is 80.6 Å². The molecule has 2 atom stereocenters. The van der Waals surface area contributed by atoms with Gasteiger partial charge < -0.3 is 15.2 Å². The number of likely N-dealkylation sites (tertiary alicyclic amines) is 1. The first-order chi connectivity index (χ1) is 15.1. The summed E-state index contributed by atoms with van der Waals surface area (Å²) < 4.78 is 10.8. The molecule has 2 aliphatic rings. The van der Waals surface area contributed by atoms with E-state index in [0.29, 0.717) is 0 Å². The van der Waals surface area contributed by atoms with Gasteiger partial charge in [0.05, 0.1) is 43.6 Å². The maximum Gasteiger partial charge on any atom is 0.234 e. The Balaban J connectivity index is 1.53. The first kappa shape index (κ1) is 22.3. The van der Waals surface area contributed by atoms with Gasteiger partial charge in [-0.25, -0.2) is 4.98 Å². The summed E-state index contributed by atoms with van der Waals surface area (Å²) in [7, 11) is 1.65. The van der Waals surface area contributed by atoms with Crippen LogP contribution in [-0.2, 0) is 9.53 Å². The number of rotatable bonds is 8. The molecule has 3 heterocycles. The number of methoxy groups -OCH3 is 1.